The molecule has 7 heteroatoms. The number of nitrogens with zero attached hydrogens (tertiary/aromatic N) is 2. The second-order valence-electron chi connectivity index (χ2n) is 16.8. The van der Waals surface area contributed by atoms with E-state index in [0.29, 0.717) is 0 Å². The van der Waals surface area contributed by atoms with E-state index in [9.17, 15) is 0 Å². The summed E-state index contributed by atoms with van der Waals surface area (Å²) in [5, 5.41) is 10.4. The van der Waals surface area contributed by atoms with Gasteiger partial charge in [0.15, 0.2) is 0 Å². The Balaban J connectivity index is 0.000000134. The number of benzene rings is 6. The summed E-state index contributed by atoms with van der Waals surface area (Å²) < 4.78 is 4.09. The minimum Gasteiger partial charge on any atom is -0.256 e. The first-order valence-electron chi connectivity index (χ1n) is 23.1. The summed E-state index contributed by atoms with van der Waals surface area (Å²) in [5.41, 5.74) is 18.0. The predicted molar refractivity (Wildman–Crippen MR) is 319 cm³/mol. The summed E-state index contributed by atoms with van der Waals surface area (Å²) in [6, 6.07) is 48.7. The van der Waals surface area contributed by atoms with E-state index >= 15 is 0 Å². The molecule has 0 bridgehead atoms. The number of thiazole rings is 1. The van der Waals surface area contributed by atoms with E-state index in [0.717, 1.165) is 23.9 Å². The average molecular weight is 1010 g/mol. The van der Waals surface area contributed by atoms with E-state index < -0.39 is 0 Å². The van der Waals surface area contributed by atoms with Crippen molar-refractivity contribution in [2.75, 3.05) is 6.26 Å². The van der Waals surface area contributed by atoms with Gasteiger partial charge >= 0.3 is 0 Å². The largest absolute Gasteiger partial charge is 0.256 e. The number of rotatable bonds is 1. The lowest BCUT2D eigenvalue weighted by atomic mass is 10.0. The Kier molecular flexibility index (Phi) is 20.5. The molecule has 70 heavy (non-hydrogen) atoms. The van der Waals surface area contributed by atoms with Crippen molar-refractivity contribution >= 4 is 111 Å². The second-order valence-corrected chi connectivity index (χ2v) is 21.5. The molecule has 2 nitrogen and oxygen atoms in total. The van der Waals surface area contributed by atoms with Crippen molar-refractivity contribution < 1.29 is 0 Å². The minimum absolute atomic E-state index is 0. The van der Waals surface area contributed by atoms with Gasteiger partial charge in [-0.25, -0.2) is 4.98 Å². The van der Waals surface area contributed by atoms with Gasteiger partial charge in [-0.2, -0.15) is 0 Å². The highest BCUT2D eigenvalue weighted by atomic mass is 32.2. The Labute approximate surface area is 437 Å². The Bertz CT molecular complexity index is 3350. The molecule has 5 aromatic heterocycles. The van der Waals surface area contributed by atoms with Crippen LogP contribution in [0.1, 0.15) is 67.9 Å². The van der Waals surface area contributed by atoms with Crippen molar-refractivity contribution in [3.05, 3.63) is 240 Å². The van der Waals surface area contributed by atoms with Crippen LogP contribution in [0.4, 0.5) is 0 Å². The zero-order chi connectivity index (χ0) is 48.5. The molecule has 0 radical (unpaired) electrons. The lowest BCUT2D eigenvalue weighted by Crippen LogP contribution is -1.84. The van der Waals surface area contributed by atoms with Gasteiger partial charge in [-0.05, 0) is 180 Å². The molecule has 0 amide bonds. The summed E-state index contributed by atoms with van der Waals surface area (Å²) in [6.45, 7) is 15.0. The number of aromatic nitrogens is 2. The van der Waals surface area contributed by atoms with Crippen molar-refractivity contribution in [2.45, 2.75) is 73.6 Å². The maximum Gasteiger partial charge on any atom is 0.0841 e. The van der Waals surface area contributed by atoms with Gasteiger partial charge in [0.05, 0.1) is 21.2 Å². The molecule has 0 spiro atoms. The number of para-hydroxylation sites is 2. The second kappa shape index (κ2) is 26.9. The van der Waals surface area contributed by atoms with Crippen LogP contribution < -0.4 is 0 Å². The van der Waals surface area contributed by atoms with Crippen LogP contribution in [0.25, 0.3) is 53.4 Å². The fourth-order valence-corrected chi connectivity index (χ4v) is 12.2. The van der Waals surface area contributed by atoms with Crippen LogP contribution in [0.3, 0.4) is 0 Å². The van der Waals surface area contributed by atoms with Gasteiger partial charge in [-0.15, -0.1) is 57.1 Å². The maximum absolute atomic E-state index is 4.28. The zero-order valence-electron chi connectivity index (χ0n) is 40.8. The van der Waals surface area contributed by atoms with Crippen molar-refractivity contribution in [3.8, 4) is 0 Å². The molecule has 13 rings (SSSR count). The summed E-state index contributed by atoms with van der Waals surface area (Å²) >= 11 is 8.94. The summed E-state index contributed by atoms with van der Waals surface area (Å²) in [5.74, 6) is 0. The third-order valence-corrected chi connectivity index (χ3v) is 16.7. The Hall–Kier alpha value is -5.93. The first-order valence-corrected chi connectivity index (χ1v) is 27.9. The SMILES string of the molecule is C.CSc1ccsc1C.Cc1cccc2c1C=CC2.Cc1cccc2c1CC=C2.Cc1cccc2cccnc12.Cc1cccc2ccsc12.Cc1cccc2scnc12.Cc1csc2ccccc12. The molecule has 6 aromatic carbocycles. The van der Waals surface area contributed by atoms with Gasteiger partial charge in [0.25, 0.3) is 0 Å². The molecule has 0 unspecified atom stereocenters. The zero-order valence-corrected chi connectivity index (χ0v) is 44.9. The molecule has 0 saturated carbocycles. The van der Waals surface area contributed by atoms with Gasteiger partial charge in [-0.3, -0.25) is 4.98 Å². The first kappa shape index (κ1) is 53.4. The highest BCUT2D eigenvalue weighted by Gasteiger charge is 2.06. The van der Waals surface area contributed by atoms with Crippen LogP contribution in [0.2, 0.25) is 0 Å². The Morgan fingerprint density at radius 3 is 1.84 bits per heavy atom. The van der Waals surface area contributed by atoms with Gasteiger partial charge in [0, 0.05) is 30.8 Å². The lowest BCUT2D eigenvalue weighted by Gasteiger charge is -2.00. The topological polar surface area (TPSA) is 25.8 Å². The molecule has 356 valence electrons. The molecular formula is C63H64N2S5. The molecule has 0 aliphatic heterocycles. The number of hydrogen-bond donors (Lipinski definition) is 0. The monoisotopic (exact) mass is 1010 g/mol. The Morgan fingerprint density at radius 1 is 0.486 bits per heavy atom. The third kappa shape index (κ3) is 14.3. The van der Waals surface area contributed by atoms with Gasteiger partial charge in [-0.1, -0.05) is 141 Å². The highest BCUT2D eigenvalue weighted by Crippen LogP contribution is 2.27. The molecule has 0 fully saturated rings. The van der Waals surface area contributed by atoms with E-state index in [-0.39, 0.29) is 7.43 Å². The molecule has 0 N–H and O–H groups in total. The average Bonchev–Trinajstić information content (AvgIpc) is 4.24. The van der Waals surface area contributed by atoms with Crippen molar-refractivity contribution in [3.63, 3.8) is 0 Å². The number of aryl methyl sites for hydroxylation is 7. The van der Waals surface area contributed by atoms with Gasteiger partial charge in [0.1, 0.15) is 0 Å². The summed E-state index contributed by atoms with van der Waals surface area (Å²) in [4.78, 5) is 11.4. The van der Waals surface area contributed by atoms with E-state index in [2.05, 4.69) is 239 Å². The quantitative estimate of drug-likeness (QED) is 0.153. The van der Waals surface area contributed by atoms with E-state index in [1.54, 1.807) is 11.3 Å². The number of hydrogen-bond acceptors (Lipinski definition) is 7. The van der Waals surface area contributed by atoms with Crippen LogP contribution in [-0.4, -0.2) is 16.2 Å². The number of allylic oxidation sites excluding steroid dienone is 2. The van der Waals surface area contributed by atoms with Crippen molar-refractivity contribution in [1.29, 1.82) is 0 Å². The van der Waals surface area contributed by atoms with Crippen LogP contribution in [-0.2, 0) is 12.8 Å². The van der Waals surface area contributed by atoms with Crippen molar-refractivity contribution in [1.82, 2.24) is 9.97 Å². The maximum atomic E-state index is 4.28. The molecule has 5 heterocycles. The van der Waals surface area contributed by atoms with E-state index in [1.807, 2.05) is 63.5 Å². The summed E-state index contributed by atoms with van der Waals surface area (Å²) in [7, 11) is 0. The highest BCUT2D eigenvalue weighted by molar-refractivity contribution is 7.98. The fraction of sp³-hybridized carbons (Fsp3) is 0.175. The predicted octanol–water partition coefficient (Wildman–Crippen LogP) is 20.1. The number of thiophene rings is 3. The summed E-state index contributed by atoms with van der Waals surface area (Å²) in [6.07, 6.45) is 15.0. The fourth-order valence-electron chi connectivity index (χ4n) is 8.05. The van der Waals surface area contributed by atoms with Crippen LogP contribution >= 0.6 is 57.1 Å². The minimum atomic E-state index is 0. The smallest absolute Gasteiger partial charge is 0.0841 e. The first-order chi connectivity index (χ1) is 33.6. The van der Waals surface area contributed by atoms with Gasteiger partial charge < -0.3 is 0 Å². The molecule has 2 aliphatic rings. The van der Waals surface area contributed by atoms with E-state index in [1.165, 1.54) is 95.7 Å². The lowest BCUT2D eigenvalue weighted by molar-refractivity contribution is 1.24. The molecule has 0 saturated heterocycles. The number of pyridine rings is 1. The number of fused-ring (bicyclic) bond motifs is 6. The molecule has 11 aromatic rings. The third-order valence-electron chi connectivity index (χ3n) is 11.9. The molecule has 0 atom stereocenters. The molecular weight excluding hydrogens is 945 g/mol. The van der Waals surface area contributed by atoms with Crippen LogP contribution in [0.15, 0.2) is 184 Å². The number of thioether (sulfide) groups is 1. The standard InChI is InChI=1S/C10H9N.2C10H10.2C9H8S.C8H7NS.C6H8S2.CH4/c1-8-4-2-5-9-6-3-7-11-10(8)9;2*1-8-4-2-5-9-6-3-7-10(8)9;1-7-3-2-4-8-5-6-10-9(7)8;1-7-6-10-9-5-3-2-4-8(7)9;1-6-3-2-4-7-8(6)9-5-10-7;1-5-6(7-2)3-4-8-5;/h2-7H,1H3;2-5,7H,6H2,1H3;2-6H,7H2,1H3;2*2-6H,1H3;2-5H,1H3;3-4H,1-2H3;1H4. The van der Waals surface area contributed by atoms with Crippen LogP contribution in [0, 0.1) is 48.5 Å². The normalized spacial score (nSPS) is 11.1. The van der Waals surface area contributed by atoms with Gasteiger partial charge in [0.2, 0.25) is 0 Å². The van der Waals surface area contributed by atoms with Crippen molar-refractivity contribution in [2.24, 2.45) is 0 Å². The molecule has 2 aliphatic carbocycles. The Morgan fingerprint density at radius 2 is 1.14 bits per heavy atom. The van der Waals surface area contributed by atoms with Crippen LogP contribution in [0.5, 0.6) is 0 Å². The van der Waals surface area contributed by atoms with E-state index in [4.69, 9.17) is 0 Å².